The summed E-state index contributed by atoms with van der Waals surface area (Å²) in [6, 6.07) is 10.0. The lowest BCUT2D eigenvalue weighted by Gasteiger charge is -2.05. The molecule has 0 aliphatic carbocycles. The van der Waals surface area contributed by atoms with Crippen LogP contribution in [0.25, 0.3) is 22.0 Å². The number of carbonyl (C=O) groups is 1. The molecule has 0 aliphatic heterocycles. The van der Waals surface area contributed by atoms with Crippen LogP contribution in [0.4, 0.5) is 13.9 Å². The molecule has 0 spiro atoms. The molecule has 140 valence electrons. The van der Waals surface area contributed by atoms with Crippen molar-refractivity contribution in [3.05, 3.63) is 76.0 Å². The molecular formula is C19H12F2N4O2S. The number of anilines is 1. The van der Waals surface area contributed by atoms with Crippen molar-refractivity contribution >= 4 is 33.1 Å². The van der Waals surface area contributed by atoms with Crippen LogP contribution < -0.4 is 10.9 Å². The second-order valence-electron chi connectivity index (χ2n) is 5.90. The molecule has 6 nitrogen and oxygen atoms in total. The zero-order valence-electron chi connectivity index (χ0n) is 14.2. The highest BCUT2D eigenvalue weighted by atomic mass is 32.1. The molecule has 0 saturated heterocycles. The summed E-state index contributed by atoms with van der Waals surface area (Å²) in [7, 11) is 0. The largest absolute Gasteiger partial charge is 0.300 e. The van der Waals surface area contributed by atoms with Gasteiger partial charge in [-0.15, -0.1) is 11.3 Å². The second-order valence-corrected chi connectivity index (χ2v) is 6.76. The highest BCUT2D eigenvalue weighted by Crippen LogP contribution is 2.27. The Morgan fingerprint density at radius 1 is 1.18 bits per heavy atom. The van der Waals surface area contributed by atoms with Crippen LogP contribution in [0.15, 0.2) is 58.8 Å². The third-order valence-corrected chi connectivity index (χ3v) is 4.77. The maximum absolute atomic E-state index is 13.9. The molecule has 0 fully saturated rings. The van der Waals surface area contributed by atoms with E-state index in [1.54, 1.807) is 24.3 Å². The van der Waals surface area contributed by atoms with Gasteiger partial charge in [0, 0.05) is 16.3 Å². The smallest absolute Gasteiger partial charge is 0.275 e. The fraction of sp³-hybridized carbons (Fsp3) is 0.0526. The summed E-state index contributed by atoms with van der Waals surface area (Å²) in [5.74, 6) is -1.71. The summed E-state index contributed by atoms with van der Waals surface area (Å²) in [6.07, 6.45) is 1.51. The second kappa shape index (κ2) is 7.28. The average Bonchev–Trinajstić information content (AvgIpc) is 3.14. The van der Waals surface area contributed by atoms with Gasteiger partial charge in [0.2, 0.25) is 5.91 Å². The predicted molar refractivity (Wildman–Crippen MR) is 102 cm³/mol. The van der Waals surface area contributed by atoms with E-state index in [0.717, 1.165) is 34.2 Å². The molecule has 1 N–H and O–H groups in total. The number of hydrogen-bond donors (Lipinski definition) is 1. The highest BCUT2D eigenvalue weighted by molar-refractivity contribution is 7.14. The number of carbonyl (C=O) groups excluding carboxylic acids is 1. The zero-order chi connectivity index (χ0) is 19.7. The van der Waals surface area contributed by atoms with Gasteiger partial charge in [-0.3, -0.25) is 9.59 Å². The molecule has 2 heterocycles. The highest BCUT2D eigenvalue weighted by Gasteiger charge is 2.13. The molecule has 0 radical (unpaired) electrons. The molecule has 0 bridgehead atoms. The van der Waals surface area contributed by atoms with Crippen molar-refractivity contribution in [1.29, 1.82) is 0 Å². The summed E-state index contributed by atoms with van der Waals surface area (Å²) >= 11 is 1.06. The van der Waals surface area contributed by atoms with Gasteiger partial charge in [-0.1, -0.05) is 18.2 Å². The average molecular weight is 398 g/mol. The van der Waals surface area contributed by atoms with Crippen LogP contribution in [0.3, 0.4) is 0 Å². The van der Waals surface area contributed by atoms with Crippen LogP contribution in [-0.4, -0.2) is 20.7 Å². The van der Waals surface area contributed by atoms with Gasteiger partial charge in [-0.2, -0.15) is 5.10 Å². The molecule has 9 heteroatoms. The maximum Gasteiger partial charge on any atom is 0.275 e. The van der Waals surface area contributed by atoms with Gasteiger partial charge >= 0.3 is 0 Å². The third-order valence-electron chi connectivity index (χ3n) is 4.01. The number of fused-ring (bicyclic) bond motifs is 1. The fourth-order valence-electron chi connectivity index (χ4n) is 2.68. The van der Waals surface area contributed by atoms with Crippen LogP contribution in [0.1, 0.15) is 0 Å². The Morgan fingerprint density at radius 2 is 2.00 bits per heavy atom. The van der Waals surface area contributed by atoms with E-state index in [9.17, 15) is 18.4 Å². The van der Waals surface area contributed by atoms with Gasteiger partial charge in [-0.05, 0) is 24.3 Å². The van der Waals surface area contributed by atoms with Crippen molar-refractivity contribution in [3.8, 4) is 11.3 Å². The normalized spacial score (nSPS) is 10.9. The zero-order valence-corrected chi connectivity index (χ0v) is 15.0. The van der Waals surface area contributed by atoms with Crippen molar-refractivity contribution in [2.45, 2.75) is 6.54 Å². The molecule has 4 aromatic rings. The Bertz CT molecular complexity index is 1250. The minimum absolute atomic E-state index is 0.00386. The summed E-state index contributed by atoms with van der Waals surface area (Å²) in [5, 5.41) is 9.40. The van der Waals surface area contributed by atoms with Crippen molar-refractivity contribution in [3.63, 3.8) is 0 Å². The van der Waals surface area contributed by atoms with E-state index in [-0.39, 0.29) is 28.5 Å². The Hall–Kier alpha value is -3.46. The number of thiazole rings is 1. The van der Waals surface area contributed by atoms with Gasteiger partial charge in [0.25, 0.3) is 5.56 Å². The predicted octanol–water partition coefficient (Wildman–Crippen LogP) is 3.44. The number of benzene rings is 2. The van der Waals surface area contributed by atoms with E-state index < -0.39 is 17.5 Å². The monoisotopic (exact) mass is 398 g/mol. The molecule has 0 saturated carbocycles. The summed E-state index contributed by atoms with van der Waals surface area (Å²) in [4.78, 5) is 28.8. The molecule has 0 aliphatic rings. The quantitative estimate of drug-likeness (QED) is 0.571. The Labute approximate surface area is 161 Å². The number of halogens is 2. The van der Waals surface area contributed by atoms with E-state index >= 15 is 0 Å². The Kier molecular flexibility index (Phi) is 4.66. The lowest BCUT2D eigenvalue weighted by atomic mass is 10.1. The van der Waals surface area contributed by atoms with Crippen LogP contribution in [0, 0.1) is 11.6 Å². The van der Waals surface area contributed by atoms with Crippen LogP contribution in [0.2, 0.25) is 0 Å². The van der Waals surface area contributed by atoms with E-state index in [2.05, 4.69) is 15.4 Å². The van der Waals surface area contributed by atoms with E-state index in [4.69, 9.17) is 0 Å². The lowest BCUT2D eigenvalue weighted by Crippen LogP contribution is -2.29. The molecule has 1 amide bonds. The maximum atomic E-state index is 13.9. The number of rotatable bonds is 4. The number of nitrogens with zero attached hydrogens (tertiary/aromatic N) is 3. The van der Waals surface area contributed by atoms with Gasteiger partial charge in [0.15, 0.2) is 5.13 Å². The van der Waals surface area contributed by atoms with Crippen molar-refractivity contribution in [1.82, 2.24) is 14.8 Å². The first-order valence-corrected chi connectivity index (χ1v) is 9.05. The molecule has 4 rings (SSSR count). The Morgan fingerprint density at radius 3 is 2.86 bits per heavy atom. The van der Waals surface area contributed by atoms with E-state index in [1.165, 1.54) is 11.6 Å². The van der Waals surface area contributed by atoms with Gasteiger partial charge in [-0.25, -0.2) is 18.4 Å². The first-order valence-electron chi connectivity index (χ1n) is 8.17. The minimum atomic E-state index is -0.614. The summed E-state index contributed by atoms with van der Waals surface area (Å²) in [6.45, 7) is -0.299. The lowest BCUT2D eigenvalue weighted by molar-refractivity contribution is -0.117. The van der Waals surface area contributed by atoms with Crippen LogP contribution >= 0.6 is 11.3 Å². The summed E-state index contributed by atoms with van der Waals surface area (Å²) < 4.78 is 28.2. The van der Waals surface area contributed by atoms with Gasteiger partial charge in [0.1, 0.15) is 18.2 Å². The molecule has 2 aromatic heterocycles. The molecule has 28 heavy (non-hydrogen) atoms. The van der Waals surface area contributed by atoms with Crippen molar-refractivity contribution in [2.24, 2.45) is 0 Å². The van der Waals surface area contributed by atoms with E-state index in [1.807, 2.05) is 0 Å². The van der Waals surface area contributed by atoms with E-state index in [0.29, 0.717) is 10.8 Å². The minimum Gasteiger partial charge on any atom is -0.300 e. The van der Waals surface area contributed by atoms with Gasteiger partial charge in [0.05, 0.1) is 17.3 Å². The SMILES string of the molecule is O=C(Cn1ncc2ccccc2c1=O)Nc1nc(-c2cc(F)ccc2F)cs1. The molecule has 0 unspecified atom stereocenters. The third kappa shape index (κ3) is 3.52. The Balaban J connectivity index is 1.52. The molecular weight excluding hydrogens is 386 g/mol. The number of amides is 1. The summed E-state index contributed by atoms with van der Waals surface area (Å²) in [5.41, 5.74) is -0.169. The van der Waals surface area contributed by atoms with Crippen molar-refractivity contribution < 1.29 is 13.6 Å². The fourth-order valence-corrected chi connectivity index (χ4v) is 3.41. The topological polar surface area (TPSA) is 76.9 Å². The molecule has 0 atom stereocenters. The number of nitrogens with one attached hydrogen (secondary N) is 1. The van der Waals surface area contributed by atoms with Crippen molar-refractivity contribution in [2.75, 3.05) is 5.32 Å². The van der Waals surface area contributed by atoms with Crippen LogP contribution in [-0.2, 0) is 11.3 Å². The first-order chi connectivity index (χ1) is 13.5. The molecule has 2 aromatic carbocycles. The standard InChI is InChI=1S/C19H12F2N4O2S/c20-12-5-6-15(21)14(7-12)16-10-28-19(23-16)24-17(26)9-25-18(27)13-4-2-1-3-11(13)8-22-25/h1-8,10H,9H2,(H,23,24,26). The van der Waals surface area contributed by atoms with Crippen LogP contribution in [0.5, 0.6) is 0 Å². The first kappa shape index (κ1) is 17.9. The van der Waals surface area contributed by atoms with Gasteiger partial charge < -0.3 is 5.32 Å². The number of hydrogen-bond acceptors (Lipinski definition) is 5. The number of aromatic nitrogens is 3.